The Hall–Kier alpha value is -0.930. The van der Waals surface area contributed by atoms with E-state index < -0.39 is 11.1 Å². The molecule has 1 unspecified atom stereocenters. The van der Waals surface area contributed by atoms with E-state index in [1.807, 2.05) is 0 Å². The van der Waals surface area contributed by atoms with Gasteiger partial charge in [0.2, 0.25) is 0 Å². The Bertz CT molecular complexity index is 226. The molecule has 0 amide bonds. The van der Waals surface area contributed by atoms with E-state index in [1.165, 1.54) is 24.3 Å². The summed E-state index contributed by atoms with van der Waals surface area (Å²) >= 11 is -1.95. The summed E-state index contributed by atoms with van der Waals surface area (Å²) in [6, 6.07) is 0. The minimum absolute atomic E-state index is 0.305. The second-order valence-corrected chi connectivity index (χ2v) is 2.62. The molecule has 0 aliphatic rings. The van der Waals surface area contributed by atoms with Gasteiger partial charge in [-0.1, -0.05) is 31.4 Å². The molecule has 0 aliphatic heterocycles. The van der Waals surface area contributed by atoms with E-state index in [0.717, 1.165) is 0 Å². The van der Waals surface area contributed by atoms with Crippen LogP contribution in [-0.2, 0) is 11.1 Å². The SMILES string of the molecule is C=C/C=C\C(=C/C=C)S(=O)O. The van der Waals surface area contributed by atoms with Crippen LogP contribution in [0.1, 0.15) is 0 Å². The molecule has 3 heteroatoms. The second-order valence-electron chi connectivity index (χ2n) is 1.65. The zero-order valence-corrected chi connectivity index (χ0v) is 6.88. The molecule has 60 valence electrons. The molecular weight excluding hydrogens is 160 g/mol. The van der Waals surface area contributed by atoms with E-state index in [9.17, 15) is 4.21 Å². The van der Waals surface area contributed by atoms with Gasteiger partial charge in [0.15, 0.2) is 11.1 Å². The number of hydrogen-bond donors (Lipinski definition) is 1. The minimum Gasteiger partial charge on any atom is -0.302 e. The predicted molar refractivity (Wildman–Crippen MR) is 48.4 cm³/mol. The van der Waals surface area contributed by atoms with Gasteiger partial charge in [0, 0.05) is 0 Å². The number of rotatable bonds is 4. The fourth-order valence-electron chi connectivity index (χ4n) is 0.451. The molecule has 0 rings (SSSR count). The summed E-state index contributed by atoms with van der Waals surface area (Å²) in [5.41, 5.74) is 0. The van der Waals surface area contributed by atoms with Crippen LogP contribution in [0.15, 0.2) is 48.4 Å². The van der Waals surface area contributed by atoms with Crippen LogP contribution in [0.4, 0.5) is 0 Å². The van der Waals surface area contributed by atoms with Gasteiger partial charge >= 0.3 is 0 Å². The molecule has 0 aliphatic carbocycles. The van der Waals surface area contributed by atoms with E-state index in [4.69, 9.17) is 4.55 Å². The van der Waals surface area contributed by atoms with Gasteiger partial charge in [-0.2, -0.15) is 0 Å². The fourth-order valence-corrected chi connectivity index (χ4v) is 0.859. The zero-order valence-electron chi connectivity index (χ0n) is 6.06. The lowest BCUT2D eigenvalue weighted by molar-refractivity contribution is 0.572. The lowest BCUT2D eigenvalue weighted by atomic mass is 10.4. The third-order valence-corrected chi connectivity index (χ3v) is 1.56. The van der Waals surface area contributed by atoms with Gasteiger partial charge in [0.1, 0.15) is 0 Å². The summed E-state index contributed by atoms with van der Waals surface area (Å²) in [6.45, 7) is 6.84. The van der Waals surface area contributed by atoms with Crippen molar-refractivity contribution >= 4 is 11.1 Å². The van der Waals surface area contributed by atoms with Crippen LogP contribution in [-0.4, -0.2) is 8.76 Å². The molecular formula is C8H10O2S. The van der Waals surface area contributed by atoms with Gasteiger partial charge in [-0.3, -0.25) is 0 Å². The van der Waals surface area contributed by atoms with E-state index in [1.54, 1.807) is 6.08 Å². The Morgan fingerprint density at radius 3 is 2.36 bits per heavy atom. The van der Waals surface area contributed by atoms with Crippen molar-refractivity contribution in [1.29, 1.82) is 0 Å². The average Bonchev–Trinajstić information content (AvgIpc) is 1.97. The maximum absolute atomic E-state index is 10.5. The maximum Gasteiger partial charge on any atom is 0.186 e. The van der Waals surface area contributed by atoms with Gasteiger partial charge in [0.25, 0.3) is 0 Å². The van der Waals surface area contributed by atoms with Crippen molar-refractivity contribution in [3.8, 4) is 0 Å². The first-order valence-electron chi connectivity index (χ1n) is 2.95. The molecule has 11 heavy (non-hydrogen) atoms. The van der Waals surface area contributed by atoms with Gasteiger partial charge < -0.3 is 4.55 Å². The molecule has 0 radical (unpaired) electrons. The Labute approximate surface area is 68.9 Å². The first kappa shape index (κ1) is 10.1. The summed E-state index contributed by atoms with van der Waals surface area (Å²) in [4.78, 5) is 0.305. The summed E-state index contributed by atoms with van der Waals surface area (Å²) in [5.74, 6) is 0. The minimum atomic E-state index is -1.95. The van der Waals surface area contributed by atoms with Crippen molar-refractivity contribution in [2.75, 3.05) is 0 Å². The fraction of sp³-hybridized carbons (Fsp3) is 0. The summed E-state index contributed by atoms with van der Waals surface area (Å²) in [7, 11) is 0. The highest BCUT2D eigenvalue weighted by molar-refractivity contribution is 7.83. The van der Waals surface area contributed by atoms with Gasteiger partial charge in [0.05, 0.1) is 4.91 Å². The molecule has 0 heterocycles. The van der Waals surface area contributed by atoms with Crippen molar-refractivity contribution in [1.82, 2.24) is 0 Å². The average molecular weight is 170 g/mol. The Balaban J connectivity index is 4.47. The normalized spacial score (nSPS) is 14.8. The van der Waals surface area contributed by atoms with Crippen LogP contribution < -0.4 is 0 Å². The maximum atomic E-state index is 10.5. The molecule has 0 aromatic heterocycles. The van der Waals surface area contributed by atoms with E-state index in [-0.39, 0.29) is 0 Å². The third kappa shape index (κ3) is 4.47. The number of allylic oxidation sites excluding steroid dienone is 5. The highest BCUT2D eigenvalue weighted by Gasteiger charge is 1.95. The van der Waals surface area contributed by atoms with E-state index in [0.29, 0.717) is 4.91 Å². The van der Waals surface area contributed by atoms with E-state index in [2.05, 4.69) is 13.2 Å². The largest absolute Gasteiger partial charge is 0.302 e. The lowest BCUT2D eigenvalue weighted by Gasteiger charge is -1.90. The first-order chi connectivity index (χ1) is 5.22. The second kappa shape index (κ2) is 5.82. The molecule has 1 atom stereocenters. The standard InChI is InChI=1S/C8H10O2S/c1-3-5-7-8(6-4-2)11(9)10/h3-7H,1-2H2,(H,9,10)/b7-5-,8-6+. The monoisotopic (exact) mass is 170 g/mol. The van der Waals surface area contributed by atoms with Crippen LogP contribution in [0, 0.1) is 0 Å². The topological polar surface area (TPSA) is 37.3 Å². The lowest BCUT2D eigenvalue weighted by Crippen LogP contribution is -1.87. The van der Waals surface area contributed by atoms with Crippen LogP contribution in [0.5, 0.6) is 0 Å². The quantitative estimate of drug-likeness (QED) is 0.517. The molecule has 0 aromatic carbocycles. The van der Waals surface area contributed by atoms with Crippen molar-refractivity contribution < 1.29 is 8.76 Å². The molecule has 0 spiro atoms. The van der Waals surface area contributed by atoms with Crippen LogP contribution in [0.25, 0.3) is 0 Å². The Kier molecular flexibility index (Phi) is 5.33. The molecule has 0 bridgehead atoms. The Morgan fingerprint density at radius 2 is 2.00 bits per heavy atom. The summed E-state index contributed by atoms with van der Waals surface area (Å²) < 4.78 is 19.1. The van der Waals surface area contributed by atoms with Crippen molar-refractivity contribution in [2.45, 2.75) is 0 Å². The third-order valence-electron chi connectivity index (χ3n) is 0.880. The van der Waals surface area contributed by atoms with Crippen LogP contribution in [0.2, 0.25) is 0 Å². The van der Waals surface area contributed by atoms with Gasteiger partial charge in [-0.25, -0.2) is 4.21 Å². The highest BCUT2D eigenvalue weighted by Crippen LogP contribution is 2.01. The van der Waals surface area contributed by atoms with Gasteiger partial charge in [-0.15, -0.1) is 0 Å². The predicted octanol–water partition coefficient (Wildman–Crippen LogP) is 2.02. The summed E-state index contributed by atoms with van der Waals surface area (Å²) in [6.07, 6.45) is 7.55. The molecule has 0 saturated heterocycles. The summed E-state index contributed by atoms with van der Waals surface area (Å²) in [5, 5.41) is 0. The van der Waals surface area contributed by atoms with Crippen LogP contribution >= 0.6 is 0 Å². The van der Waals surface area contributed by atoms with Crippen LogP contribution in [0.3, 0.4) is 0 Å². The first-order valence-corrected chi connectivity index (χ1v) is 4.05. The van der Waals surface area contributed by atoms with Crippen molar-refractivity contribution in [3.63, 3.8) is 0 Å². The molecule has 0 fully saturated rings. The van der Waals surface area contributed by atoms with E-state index >= 15 is 0 Å². The molecule has 0 aromatic rings. The molecule has 2 nitrogen and oxygen atoms in total. The molecule has 1 N–H and O–H groups in total. The highest BCUT2D eigenvalue weighted by atomic mass is 32.2. The van der Waals surface area contributed by atoms with Gasteiger partial charge in [-0.05, 0) is 12.2 Å². The number of hydrogen-bond acceptors (Lipinski definition) is 1. The zero-order chi connectivity index (χ0) is 8.69. The van der Waals surface area contributed by atoms with Crippen molar-refractivity contribution in [3.05, 3.63) is 48.4 Å². The Morgan fingerprint density at radius 1 is 1.36 bits per heavy atom. The van der Waals surface area contributed by atoms with Crippen molar-refractivity contribution in [2.24, 2.45) is 0 Å². The smallest absolute Gasteiger partial charge is 0.186 e. The molecule has 0 saturated carbocycles.